The highest BCUT2D eigenvalue weighted by molar-refractivity contribution is 5.93. The van der Waals surface area contributed by atoms with E-state index >= 15 is 0 Å². The molecule has 2 amide bonds. The average molecular weight is 339 g/mol. The summed E-state index contributed by atoms with van der Waals surface area (Å²) in [6, 6.07) is 16.8. The van der Waals surface area contributed by atoms with Crippen molar-refractivity contribution in [1.29, 1.82) is 0 Å². The molecule has 3 rings (SSSR count). The van der Waals surface area contributed by atoms with Gasteiger partial charge in [-0.05, 0) is 36.8 Å². The molecule has 1 fully saturated rings. The van der Waals surface area contributed by atoms with Crippen LogP contribution in [0.25, 0.3) is 0 Å². The second-order valence-electron chi connectivity index (χ2n) is 6.20. The maximum Gasteiger partial charge on any atom is 0.274 e. The van der Waals surface area contributed by atoms with E-state index in [1.54, 1.807) is 29.7 Å². The first-order chi connectivity index (χ1) is 12.1. The Morgan fingerprint density at radius 2 is 1.84 bits per heavy atom. The molecule has 6 heteroatoms. The van der Waals surface area contributed by atoms with Gasteiger partial charge in [0.1, 0.15) is 0 Å². The van der Waals surface area contributed by atoms with Crippen molar-refractivity contribution in [1.82, 2.24) is 10.4 Å². The summed E-state index contributed by atoms with van der Waals surface area (Å²) >= 11 is 0. The number of nitrogens with zero attached hydrogens (tertiary/aromatic N) is 1. The standard InChI is InChI=1S/C19H21N3O3/c1-13(14-5-3-2-4-6-14)22-12-17(11-18(22)23)20-16-9-7-15(8-10-16)19(24)21-25/h2-10,13,17,20,25H,11-12H2,1H3,(H,21,24)/t13-,17?/m1/s1. The first kappa shape index (κ1) is 17.0. The second-order valence-corrected chi connectivity index (χ2v) is 6.20. The normalized spacial score (nSPS) is 18.1. The zero-order valence-corrected chi connectivity index (χ0v) is 14.0. The molecule has 1 heterocycles. The summed E-state index contributed by atoms with van der Waals surface area (Å²) in [4.78, 5) is 25.6. The van der Waals surface area contributed by atoms with Gasteiger partial charge in [0.15, 0.2) is 0 Å². The van der Waals surface area contributed by atoms with Crippen molar-refractivity contribution in [3.05, 3.63) is 65.7 Å². The van der Waals surface area contributed by atoms with Gasteiger partial charge in [0.05, 0.1) is 12.1 Å². The molecule has 1 aliphatic rings. The number of hydrogen-bond acceptors (Lipinski definition) is 4. The molecule has 0 aromatic heterocycles. The number of anilines is 1. The van der Waals surface area contributed by atoms with Crippen molar-refractivity contribution in [2.75, 3.05) is 11.9 Å². The monoisotopic (exact) mass is 339 g/mol. The Morgan fingerprint density at radius 3 is 2.48 bits per heavy atom. The zero-order chi connectivity index (χ0) is 17.8. The third-order valence-electron chi connectivity index (χ3n) is 4.53. The molecule has 1 aliphatic heterocycles. The quantitative estimate of drug-likeness (QED) is 0.578. The van der Waals surface area contributed by atoms with Gasteiger partial charge in [-0.3, -0.25) is 14.8 Å². The Bertz CT molecular complexity index is 746. The van der Waals surface area contributed by atoms with Gasteiger partial charge in [-0.1, -0.05) is 30.3 Å². The van der Waals surface area contributed by atoms with Gasteiger partial charge in [0.2, 0.25) is 5.91 Å². The molecule has 2 aromatic carbocycles. The topological polar surface area (TPSA) is 81.7 Å². The lowest BCUT2D eigenvalue weighted by Crippen LogP contribution is -2.30. The van der Waals surface area contributed by atoms with E-state index in [2.05, 4.69) is 5.32 Å². The number of carbonyl (C=O) groups is 2. The smallest absolute Gasteiger partial charge is 0.274 e. The van der Waals surface area contributed by atoms with Crippen LogP contribution in [0.1, 0.15) is 35.3 Å². The summed E-state index contributed by atoms with van der Waals surface area (Å²) in [6.45, 7) is 2.67. The van der Waals surface area contributed by atoms with Gasteiger partial charge < -0.3 is 10.2 Å². The van der Waals surface area contributed by atoms with Crippen molar-refractivity contribution in [3.8, 4) is 0 Å². The lowest BCUT2D eigenvalue weighted by molar-refractivity contribution is -0.129. The molecule has 1 unspecified atom stereocenters. The Kier molecular flexibility index (Phi) is 5.00. The van der Waals surface area contributed by atoms with Crippen LogP contribution < -0.4 is 10.8 Å². The fraction of sp³-hybridized carbons (Fsp3) is 0.263. The van der Waals surface area contributed by atoms with Crippen molar-refractivity contribution < 1.29 is 14.8 Å². The van der Waals surface area contributed by atoms with Crippen molar-refractivity contribution >= 4 is 17.5 Å². The number of hydroxylamine groups is 1. The van der Waals surface area contributed by atoms with Crippen molar-refractivity contribution in [2.45, 2.75) is 25.4 Å². The number of hydrogen-bond donors (Lipinski definition) is 3. The lowest BCUT2D eigenvalue weighted by atomic mass is 10.1. The number of nitrogens with one attached hydrogen (secondary N) is 2. The summed E-state index contributed by atoms with van der Waals surface area (Å²) in [6.07, 6.45) is 0.441. The maximum atomic E-state index is 12.4. The Hall–Kier alpha value is -2.86. The van der Waals surface area contributed by atoms with Crippen LogP contribution in [0, 0.1) is 0 Å². The van der Waals surface area contributed by atoms with E-state index in [-0.39, 0.29) is 18.0 Å². The van der Waals surface area contributed by atoms with Crippen LogP contribution in [0.5, 0.6) is 0 Å². The molecule has 3 N–H and O–H groups in total. The number of benzene rings is 2. The first-order valence-corrected chi connectivity index (χ1v) is 8.24. The largest absolute Gasteiger partial charge is 0.380 e. The summed E-state index contributed by atoms with van der Waals surface area (Å²) in [5, 5.41) is 12.0. The molecule has 0 saturated carbocycles. The van der Waals surface area contributed by atoms with Gasteiger partial charge in [0, 0.05) is 24.2 Å². The minimum atomic E-state index is -0.551. The fourth-order valence-electron chi connectivity index (χ4n) is 3.13. The summed E-state index contributed by atoms with van der Waals surface area (Å²) in [5.74, 6) is -0.421. The molecule has 25 heavy (non-hydrogen) atoms. The molecule has 2 atom stereocenters. The number of carbonyl (C=O) groups excluding carboxylic acids is 2. The molecule has 2 aromatic rings. The predicted molar refractivity (Wildman–Crippen MR) is 94.3 cm³/mol. The average Bonchev–Trinajstić information content (AvgIpc) is 3.02. The van der Waals surface area contributed by atoms with Gasteiger partial charge >= 0.3 is 0 Å². The number of rotatable bonds is 5. The van der Waals surface area contributed by atoms with Gasteiger partial charge in [0.25, 0.3) is 5.91 Å². The van der Waals surface area contributed by atoms with E-state index in [0.717, 1.165) is 11.3 Å². The molecule has 0 radical (unpaired) electrons. The van der Waals surface area contributed by atoms with Crippen molar-refractivity contribution in [3.63, 3.8) is 0 Å². The number of amides is 2. The van der Waals surface area contributed by atoms with Crippen LogP contribution in [0.3, 0.4) is 0 Å². The fourth-order valence-corrected chi connectivity index (χ4v) is 3.13. The zero-order valence-electron chi connectivity index (χ0n) is 14.0. The van der Waals surface area contributed by atoms with E-state index in [0.29, 0.717) is 18.5 Å². The third kappa shape index (κ3) is 3.80. The van der Waals surface area contributed by atoms with Gasteiger partial charge in [-0.2, -0.15) is 0 Å². The van der Waals surface area contributed by atoms with Crippen LogP contribution >= 0.6 is 0 Å². The molecule has 6 nitrogen and oxygen atoms in total. The molecule has 0 bridgehead atoms. The lowest BCUT2D eigenvalue weighted by Gasteiger charge is -2.25. The van der Waals surface area contributed by atoms with Crippen LogP contribution in [-0.2, 0) is 4.79 Å². The SMILES string of the molecule is C[C@H](c1ccccc1)N1CC(Nc2ccc(C(=O)NO)cc2)CC1=O. The molecule has 1 saturated heterocycles. The molecular weight excluding hydrogens is 318 g/mol. The molecular formula is C19H21N3O3. The highest BCUT2D eigenvalue weighted by atomic mass is 16.5. The minimum Gasteiger partial charge on any atom is -0.380 e. The van der Waals surface area contributed by atoms with Gasteiger partial charge in [-0.15, -0.1) is 0 Å². The van der Waals surface area contributed by atoms with Gasteiger partial charge in [-0.25, -0.2) is 5.48 Å². The maximum absolute atomic E-state index is 12.4. The molecule has 0 spiro atoms. The van der Waals surface area contributed by atoms with Crippen molar-refractivity contribution in [2.24, 2.45) is 0 Å². The van der Waals surface area contributed by atoms with Crippen LogP contribution in [0.4, 0.5) is 5.69 Å². The second kappa shape index (κ2) is 7.36. The first-order valence-electron chi connectivity index (χ1n) is 8.24. The number of likely N-dealkylation sites (tertiary alicyclic amines) is 1. The summed E-state index contributed by atoms with van der Waals surface area (Å²) < 4.78 is 0. The van der Waals surface area contributed by atoms with Crippen LogP contribution in [0.15, 0.2) is 54.6 Å². The summed E-state index contributed by atoms with van der Waals surface area (Å²) in [5.41, 5.74) is 3.93. The van der Waals surface area contributed by atoms with Crippen LogP contribution in [0.2, 0.25) is 0 Å². The van der Waals surface area contributed by atoms with E-state index in [1.807, 2.05) is 42.2 Å². The van der Waals surface area contributed by atoms with E-state index in [1.165, 1.54) is 0 Å². The van der Waals surface area contributed by atoms with E-state index in [9.17, 15) is 9.59 Å². The molecule has 0 aliphatic carbocycles. The Balaban J connectivity index is 1.64. The van der Waals surface area contributed by atoms with E-state index < -0.39 is 5.91 Å². The molecule has 130 valence electrons. The van der Waals surface area contributed by atoms with E-state index in [4.69, 9.17) is 5.21 Å². The highest BCUT2D eigenvalue weighted by Crippen LogP contribution is 2.27. The summed E-state index contributed by atoms with van der Waals surface area (Å²) in [7, 11) is 0. The Morgan fingerprint density at radius 1 is 1.16 bits per heavy atom. The predicted octanol–water partition coefficient (Wildman–Crippen LogP) is 2.58. The third-order valence-corrected chi connectivity index (χ3v) is 4.53. The minimum absolute atomic E-state index is 0.0242. The highest BCUT2D eigenvalue weighted by Gasteiger charge is 2.33. The van der Waals surface area contributed by atoms with Crippen LogP contribution in [-0.4, -0.2) is 34.5 Å². The Labute approximate surface area is 146 Å².